The standard InChI is InChI=1S/C13H19N3O3/c1-10-7-11(9-12(8-10)16(18)19)13(17)15(3)6-4-5-14-2/h7-9,14H,4-6H2,1-3H3. The fourth-order valence-corrected chi connectivity index (χ4v) is 1.81. The fourth-order valence-electron chi connectivity index (χ4n) is 1.81. The summed E-state index contributed by atoms with van der Waals surface area (Å²) in [5.41, 5.74) is 1.02. The predicted molar refractivity (Wildman–Crippen MR) is 73.3 cm³/mol. The number of aryl methyl sites for hydroxylation is 1. The molecule has 0 aromatic heterocycles. The van der Waals surface area contributed by atoms with Gasteiger partial charge >= 0.3 is 0 Å². The van der Waals surface area contributed by atoms with Crippen molar-refractivity contribution in [3.63, 3.8) is 0 Å². The molecular weight excluding hydrogens is 246 g/mol. The maximum atomic E-state index is 12.1. The number of hydrogen-bond acceptors (Lipinski definition) is 4. The third-order valence-electron chi connectivity index (χ3n) is 2.79. The molecule has 0 aliphatic carbocycles. The molecule has 1 rings (SSSR count). The number of nitrogens with one attached hydrogen (secondary N) is 1. The van der Waals surface area contributed by atoms with Crippen molar-refractivity contribution in [2.75, 3.05) is 27.2 Å². The van der Waals surface area contributed by atoms with Crippen molar-refractivity contribution in [3.8, 4) is 0 Å². The highest BCUT2D eigenvalue weighted by atomic mass is 16.6. The second kappa shape index (κ2) is 6.84. The van der Waals surface area contributed by atoms with Crippen LogP contribution in [0.25, 0.3) is 0 Å². The van der Waals surface area contributed by atoms with Crippen molar-refractivity contribution < 1.29 is 9.72 Å². The molecule has 1 amide bonds. The Bertz CT molecular complexity index is 474. The highest BCUT2D eigenvalue weighted by molar-refractivity contribution is 5.94. The summed E-state index contributed by atoms with van der Waals surface area (Å²) in [5.74, 6) is -0.192. The Hall–Kier alpha value is -1.95. The van der Waals surface area contributed by atoms with Gasteiger partial charge in [0, 0.05) is 31.3 Å². The van der Waals surface area contributed by atoms with Crippen LogP contribution in [-0.2, 0) is 0 Å². The van der Waals surface area contributed by atoms with E-state index in [2.05, 4.69) is 5.32 Å². The quantitative estimate of drug-likeness (QED) is 0.481. The van der Waals surface area contributed by atoms with Crippen LogP contribution in [-0.4, -0.2) is 42.9 Å². The van der Waals surface area contributed by atoms with E-state index in [0.717, 1.165) is 13.0 Å². The molecule has 0 fully saturated rings. The average molecular weight is 265 g/mol. The number of nitrogens with zero attached hydrogens (tertiary/aromatic N) is 2. The molecule has 1 aromatic carbocycles. The monoisotopic (exact) mass is 265 g/mol. The molecule has 1 aromatic rings. The largest absolute Gasteiger partial charge is 0.342 e. The Balaban J connectivity index is 2.84. The molecule has 0 unspecified atom stereocenters. The first kappa shape index (κ1) is 15.1. The lowest BCUT2D eigenvalue weighted by Gasteiger charge is -2.17. The van der Waals surface area contributed by atoms with E-state index >= 15 is 0 Å². The van der Waals surface area contributed by atoms with Crippen LogP contribution in [0.3, 0.4) is 0 Å². The molecule has 6 nitrogen and oxygen atoms in total. The normalized spacial score (nSPS) is 10.3. The van der Waals surface area contributed by atoms with Crippen LogP contribution in [0.2, 0.25) is 0 Å². The van der Waals surface area contributed by atoms with Gasteiger partial charge in [-0.1, -0.05) is 0 Å². The molecule has 0 aliphatic rings. The Kier molecular flexibility index (Phi) is 5.44. The van der Waals surface area contributed by atoms with Crippen molar-refractivity contribution in [2.24, 2.45) is 0 Å². The van der Waals surface area contributed by atoms with Crippen LogP contribution in [0.5, 0.6) is 0 Å². The molecule has 0 atom stereocenters. The van der Waals surface area contributed by atoms with E-state index in [4.69, 9.17) is 0 Å². The average Bonchev–Trinajstić information content (AvgIpc) is 2.37. The first-order valence-electron chi connectivity index (χ1n) is 6.12. The topological polar surface area (TPSA) is 75.5 Å². The number of amides is 1. The maximum absolute atomic E-state index is 12.1. The zero-order valence-corrected chi connectivity index (χ0v) is 11.5. The van der Waals surface area contributed by atoms with Gasteiger partial charge in [-0.05, 0) is 38.6 Å². The maximum Gasteiger partial charge on any atom is 0.270 e. The van der Waals surface area contributed by atoms with Gasteiger partial charge < -0.3 is 10.2 Å². The summed E-state index contributed by atoms with van der Waals surface area (Å²) in [5, 5.41) is 13.8. The molecule has 0 heterocycles. The number of carbonyl (C=O) groups is 1. The van der Waals surface area contributed by atoms with E-state index in [9.17, 15) is 14.9 Å². The highest BCUT2D eigenvalue weighted by Gasteiger charge is 2.16. The molecule has 0 radical (unpaired) electrons. The number of rotatable bonds is 6. The number of benzene rings is 1. The molecular formula is C13H19N3O3. The van der Waals surface area contributed by atoms with E-state index in [1.807, 2.05) is 7.05 Å². The van der Waals surface area contributed by atoms with Crippen LogP contribution in [0.1, 0.15) is 22.3 Å². The lowest BCUT2D eigenvalue weighted by molar-refractivity contribution is -0.384. The van der Waals surface area contributed by atoms with Crippen molar-refractivity contribution in [1.82, 2.24) is 10.2 Å². The molecule has 104 valence electrons. The number of nitro groups is 1. The second-order valence-corrected chi connectivity index (χ2v) is 4.50. The highest BCUT2D eigenvalue weighted by Crippen LogP contribution is 2.17. The predicted octanol–water partition coefficient (Wildman–Crippen LogP) is 1.58. The summed E-state index contributed by atoms with van der Waals surface area (Å²) in [6.45, 7) is 3.18. The van der Waals surface area contributed by atoms with Crippen LogP contribution in [0.15, 0.2) is 18.2 Å². The van der Waals surface area contributed by atoms with E-state index in [-0.39, 0.29) is 11.6 Å². The van der Waals surface area contributed by atoms with Gasteiger partial charge in [-0.25, -0.2) is 0 Å². The Morgan fingerprint density at radius 3 is 2.68 bits per heavy atom. The van der Waals surface area contributed by atoms with Crippen LogP contribution < -0.4 is 5.32 Å². The minimum Gasteiger partial charge on any atom is -0.342 e. The van der Waals surface area contributed by atoms with Crippen molar-refractivity contribution in [1.29, 1.82) is 0 Å². The van der Waals surface area contributed by atoms with Gasteiger partial charge in [-0.2, -0.15) is 0 Å². The summed E-state index contributed by atoms with van der Waals surface area (Å²) in [6, 6.07) is 4.45. The van der Waals surface area contributed by atoms with Crippen LogP contribution in [0.4, 0.5) is 5.69 Å². The first-order chi connectivity index (χ1) is 8.95. The third-order valence-corrected chi connectivity index (χ3v) is 2.79. The van der Waals surface area contributed by atoms with Gasteiger partial charge in [0.05, 0.1) is 4.92 Å². The van der Waals surface area contributed by atoms with E-state index in [1.54, 1.807) is 24.9 Å². The van der Waals surface area contributed by atoms with Gasteiger partial charge in [0.25, 0.3) is 11.6 Å². The van der Waals surface area contributed by atoms with E-state index in [0.29, 0.717) is 17.7 Å². The SMILES string of the molecule is CNCCCN(C)C(=O)c1cc(C)cc([N+](=O)[O-])c1. The Morgan fingerprint density at radius 1 is 1.42 bits per heavy atom. The molecule has 19 heavy (non-hydrogen) atoms. The van der Waals surface area contributed by atoms with E-state index in [1.165, 1.54) is 12.1 Å². The number of non-ortho nitro benzene ring substituents is 1. The van der Waals surface area contributed by atoms with Crippen molar-refractivity contribution in [2.45, 2.75) is 13.3 Å². The van der Waals surface area contributed by atoms with Gasteiger partial charge in [-0.3, -0.25) is 14.9 Å². The van der Waals surface area contributed by atoms with Gasteiger partial charge in [0.2, 0.25) is 0 Å². The van der Waals surface area contributed by atoms with Gasteiger partial charge in [-0.15, -0.1) is 0 Å². The molecule has 0 aliphatic heterocycles. The minimum atomic E-state index is -0.481. The van der Waals surface area contributed by atoms with Crippen molar-refractivity contribution in [3.05, 3.63) is 39.4 Å². The molecule has 1 N–H and O–H groups in total. The minimum absolute atomic E-state index is 0.0491. The van der Waals surface area contributed by atoms with Gasteiger partial charge in [0.15, 0.2) is 0 Å². The summed E-state index contributed by atoms with van der Waals surface area (Å²) >= 11 is 0. The van der Waals surface area contributed by atoms with Crippen LogP contribution in [0, 0.1) is 17.0 Å². The summed E-state index contributed by atoms with van der Waals surface area (Å²) < 4.78 is 0. The zero-order chi connectivity index (χ0) is 14.4. The van der Waals surface area contributed by atoms with E-state index < -0.39 is 4.92 Å². The number of nitro benzene ring substituents is 1. The molecule has 0 spiro atoms. The summed E-state index contributed by atoms with van der Waals surface area (Å²) in [7, 11) is 3.55. The fraction of sp³-hybridized carbons (Fsp3) is 0.462. The number of carbonyl (C=O) groups excluding carboxylic acids is 1. The Labute approximate surface area is 112 Å². The van der Waals surface area contributed by atoms with Crippen LogP contribution >= 0.6 is 0 Å². The Morgan fingerprint density at radius 2 is 2.11 bits per heavy atom. The van der Waals surface area contributed by atoms with Crippen molar-refractivity contribution >= 4 is 11.6 Å². The first-order valence-corrected chi connectivity index (χ1v) is 6.12. The zero-order valence-electron chi connectivity index (χ0n) is 11.5. The molecule has 0 saturated carbocycles. The lowest BCUT2D eigenvalue weighted by Crippen LogP contribution is -2.29. The summed E-state index contributed by atoms with van der Waals surface area (Å²) in [4.78, 5) is 24.0. The second-order valence-electron chi connectivity index (χ2n) is 4.50. The van der Waals surface area contributed by atoms with Gasteiger partial charge in [0.1, 0.15) is 0 Å². The lowest BCUT2D eigenvalue weighted by atomic mass is 10.1. The molecule has 6 heteroatoms. The third kappa shape index (κ3) is 4.33. The summed E-state index contributed by atoms with van der Waals surface area (Å²) in [6.07, 6.45) is 0.840. The molecule has 0 bridgehead atoms. The number of hydrogen-bond donors (Lipinski definition) is 1. The smallest absolute Gasteiger partial charge is 0.270 e. The molecule has 0 saturated heterocycles.